The Morgan fingerprint density at radius 2 is 1.79 bits per heavy atom. The lowest BCUT2D eigenvalue weighted by Crippen LogP contribution is -2.39. The van der Waals surface area contributed by atoms with Crippen LogP contribution in [0.3, 0.4) is 0 Å². The quantitative estimate of drug-likeness (QED) is 0.669. The first kappa shape index (κ1) is 14.0. The van der Waals surface area contributed by atoms with Gasteiger partial charge in [0, 0.05) is 24.8 Å². The van der Waals surface area contributed by atoms with Crippen molar-refractivity contribution in [2.24, 2.45) is 0 Å². The predicted octanol–water partition coefficient (Wildman–Crippen LogP) is 1.01. The molecule has 0 aliphatic rings. The Bertz CT molecular complexity index is 293. The van der Waals surface area contributed by atoms with Crippen molar-refractivity contribution in [3.8, 4) is 6.07 Å². The molecule has 14 heavy (non-hydrogen) atoms. The van der Waals surface area contributed by atoms with E-state index in [9.17, 15) is 8.42 Å². The first-order chi connectivity index (χ1) is 6.50. The van der Waals surface area contributed by atoms with Crippen LogP contribution in [0.15, 0.2) is 0 Å². The molecule has 7 heteroatoms. The highest BCUT2D eigenvalue weighted by atomic mass is 35.5. The molecule has 0 amide bonds. The Balaban J connectivity index is 4.73. The number of rotatable bonds is 6. The molecule has 0 aromatic heterocycles. The topological polar surface area (TPSA) is 61.2 Å². The molecule has 0 aromatic carbocycles. The number of sulfonamides is 1. The Morgan fingerprint density at radius 3 is 2.07 bits per heavy atom. The molecule has 0 bridgehead atoms. The molecule has 0 saturated heterocycles. The van der Waals surface area contributed by atoms with E-state index in [1.54, 1.807) is 6.07 Å². The zero-order valence-electron chi connectivity index (χ0n) is 7.78. The highest BCUT2D eigenvalue weighted by Gasteiger charge is 2.27. The maximum absolute atomic E-state index is 11.6. The minimum Gasteiger partial charge on any atom is -0.211 e. The molecule has 0 fully saturated rings. The Hall–Kier alpha value is -0.0200. The van der Waals surface area contributed by atoms with Gasteiger partial charge in [-0.1, -0.05) is 0 Å². The van der Waals surface area contributed by atoms with Gasteiger partial charge >= 0.3 is 0 Å². The van der Waals surface area contributed by atoms with Crippen LogP contribution in [-0.4, -0.2) is 42.8 Å². The van der Waals surface area contributed by atoms with Crippen molar-refractivity contribution in [1.82, 2.24) is 4.31 Å². The molecule has 0 heterocycles. The number of alkyl halides is 2. The van der Waals surface area contributed by atoms with Crippen molar-refractivity contribution in [2.45, 2.75) is 12.2 Å². The van der Waals surface area contributed by atoms with E-state index in [0.717, 1.165) is 4.31 Å². The predicted molar refractivity (Wildman–Crippen MR) is 57.0 cm³/mol. The smallest absolute Gasteiger partial charge is 0.211 e. The van der Waals surface area contributed by atoms with Crippen LogP contribution in [0.5, 0.6) is 0 Å². The summed E-state index contributed by atoms with van der Waals surface area (Å²) < 4.78 is 24.4. The van der Waals surface area contributed by atoms with E-state index in [0.29, 0.717) is 0 Å². The fourth-order valence-corrected chi connectivity index (χ4v) is 2.73. The van der Waals surface area contributed by atoms with Crippen molar-refractivity contribution in [3.63, 3.8) is 0 Å². The second-order valence-electron chi connectivity index (χ2n) is 2.59. The molecule has 0 aliphatic carbocycles. The van der Waals surface area contributed by atoms with Gasteiger partial charge in [0.15, 0.2) is 5.25 Å². The van der Waals surface area contributed by atoms with Gasteiger partial charge in [0.25, 0.3) is 0 Å². The van der Waals surface area contributed by atoms with Gasteiger partial charge in [0.1, 0.15) is 0 Å². The SMILES string of the molecule is CC(C#N)S(=O)(=O)N(CCCl)CCCl. The zero-order valence-corrected chi connectivity index (χ0v) is 10.1. The number of hydrogen-bond acceptors (Lipinski definition) is 3. The van der Waals surface area contributed by atoms with Gasteiger partial charge in [-0.2, -0.15) is 9.57 Å². The summed E-state index contributed by atoms with van der Waals surface area (Å²) in [4.78, 5) is 0. The van der Waals surface area contributed by atoms with Crippen LogP contribution in [0.2, 0.25) is 0 Å². The summed E-state index contributed by atoms with van der Waals surface area (Å²) in [5.74, 6) is 0.378. The third kappa shape index (κ3) is 3.62. The first-order valence-corrected chi connectivity index (χ1v) is 6.58. The Kier molecular flexibility index (Phi) is 6.45. The number of nitriles is 1. The van der Waals surface area contributed by atoms with Crippen molar-refractivity contribution in [3.05, 3.63) is 0 Å². The van der Waals surface area contributed by atoms with E-state index < -0.39 is 15.3 Å². The van der Waals surface area contributed by atoms with Crippen molar-refractivity contribution in [2.75, 3.05) is 24.8 Å². The van der Waals surface area contributed by atoms with Gasteiger partial charge < -0.3 is 0 Å². The molecule has 82 valence electrons. The van der Waals surface area contributed by atoms with Crippen LogP contribution >= 0.6 is 23.2 Å². The monoisotopic (exact) mass is 258 g/mol. The minimum atomic E-state index is -3.57. The zero-order chi connectivity index (χ0) is 11.2. The average Bonchev–Trinajstić information content (AvgIpc) is 2.16. The Morgan fingerprint density at radius 1 is 1.36 bits per heavy atom. The van der Waals surface area contributed by atoms with Crippen LogP contribution in [-0.2, 0) is 10.0 Å². The lowest BCUT2D eigenvalue weighted by molar-refractivity contribution is 0.445. The number of halogens is 2. The third-order valence-electron chi connectivity index (χ3n) is 1.66. The maximum Gasteiger partial charge on any atom is 0.230 e. The summed E-state index contributed by atoms with van der Waals surface area (Å²) in [7, 11) is -3.57. The lowest BCUT2D eigenvalue weighted by atomic mass is 10.5. The van der Waals surface area contributed by atoms with Crippen LogP contribution in [0.1, 0.15) is 6.92 Å². The molecular formula is C7H12Cl2N2O2S. The normalized spacial score (nSPS) is 13.9. The molecule has 0 saturated carbocycles. The van der Waals surface area contributed by atoms with Crippen molar-refractivity contribution < 1.29 is 8.42 Å². The van der Waals surface area contributed by atoms with Crippen LogP contribution in [0.25, 0.3) is 0 Å². The fourth-order valence-electron chi connectivity index (χ4n) is 0.845. The molecule has 1 unspecified atom stereocenters. The summed E-state index contributed by atoms with van der Waals surface area (Å²) >= 11 is 10.9. The number of hydrogen-bond donors (Lipinski definition) is 0. The van der Waals surface area contributed by atoms with Crippen LogP contribution < -0.4 is 0 Å². The van der Waals surface area contributed by atoms with Crippen LogP contribution in [0, 0.1) is 11.3 Å². The summed E-state index contributed by atoms with van der Waals surface area (Å²) in [5.41, 5.74) is 0. The van der Waals surface area contributed by atoms with E-state index in [-0.39, 0.29) is 24.8 Å². The van der Waals surface area contributed by atoms with E-state index in [4.69, 9.17) is 28.5 Å². The van der Waals surface area contributed by atoms with Gasteiger partial charge in [-0.3, -0.25) is 0 Å². The highest BCUT2D eigenvalue weighted by molar-refractivity contribution is 7.89. The highest BCUT2D eigenvalue weighted by Crippen LogP contribution is 2.08. The summed E-state index contributed by atoms with van der Waals surface area (Å²) in [6.45, 7) is 1.70. The first-order valence-electron chi connectivity index (χ1n) is 4.01. The minimum absolute atomic E-state index is 0.183. The molecule has 4 nitrogen and oxygen atoms in total. The van der Waals surface area contributed by atoms with Gasteiger partial charge in [-0.15, -0.1) is 23.2 Å². The third-order valence-corrected chi connectivity index (χ3v) is 4.08. The molecule has 0 N–H and O–H groups in total. The van der Waals surface area contributed by atoms with E-state index >= 15 is 0 Å². The molecule has 0 aliphatic heterocycles. The van der Waals surface area contributed by atoms with Gasteiger partial charge in [0.05, 0.1) is 6.07 Å². The maximum atomic E-state index is 11.6. The summed E-state index contributed by atoms with van der Waals surface area (Å²) in [6, 6.07) is 1.69. The van der Waals surface area contributed by atoms with E-state index in [2.05, 4.69) is 0 Å². The summed E-state index contributed by atoms with van der Waals surface area (Å²) in [5, 5.41) is 7.47. The van der Waals surface area contributed by atoms with Gasteiger partial charge in [0.2, 0.25) is 10.0 Å². The van der Waals surface area contributed by atoms with Gasteiger partial charge in [-0.25, -0.2) is 8.42 Å². The van der Waals surface area contributed by atoms with Crippen molar-refractivity contribution in [1.29, 1.82) is 5.26 Å². The molecule has 0 rings (SSSR count). The standard InChI is InChI=1S/C7H12Cl2N2O2S/c1-7(6-10)14(12,13)11(4-2-8)5-3-9/h7H,2-5H2,1H3. The second-order valence-corrected chi connectivity index (χ2v) is 5.60. The largest absolute Gasteiger partial charge is 0.230 e. The molecule has 0 spiro atoms. The van der Waals surface area contributed by atoms with Crippen LogP contribution in [0.4, 0.5) is 0 Å². The summed E-state index contributed by atoms with van der Waals surface area (Å²) in [6.07, 6.45) is 0. The second kappa shape index (κ2) is 6.46. The number of nitrogens with zero attached hydrogens (tertiary/aromatic N) is 2. The molecule has 0 aromatic rings. The van der Waals surface area contributed by atoms with Crippen molar-refractivity contribution >= 4 is 33.2 Å². The fraction of sp³-hybridized carbons (Fsp3) is 0.857. The lowest BCUT2D eigenvalue weighted by Gasteiger charge is -2.21. The molecule has 1 atom stereocenters. The van der Waals surface area contributed by atoms with E-state index in [1.165, 1.54) is 6.92 Å². The Labute approximate surface area is 94.4 Å². The van der Waals surface area contributed by atoms with Gasteiger partial charge in [-0.05, 0) is 6.92 Å². The average molecular weight is 259 g/mol. The van der Waals surface area contributed by atoms with E-state index in [1.807, 2.05) is 0 Å². The molecular weight excluding hydrogens is 247 g/mol. The molecule has 0 radical (unpaired) electrons.